The van der Waals surface area contributed by atoms with Crippen LogP contribution >= 0.6 is 0 Å². The number of benzene rings is 4. The quantitative estimate of drug-likeness (QED) is 0.182. The molecule has 0 spiro atoms. The summed E-state index contributed by atoms with van der Waals surface area (Å²) < 4.78 is 10.8. The van der Waals surface area contributed by atoms with Crippen LogP contribution in [0.3, 0.4) is 0 Å². The van der Waals surface area contributed by atoms with Gasteiger partial charge in [0.15, 0.2) is 0 Å². The van der Waals surface area contributed by atoms with E-state index in [-0.39, 0.29) is 0 Å². The summed E-state index contributed by atoms with van der Waals surface area (Å²) in [4.78, 5) is 14.1. The molecule has 9 aromatic rings. The van der Waals surface area contributed by atoms with Crippen LogP contribution in [0.1, 0.15) is 50.7 Å². The molecule has 0 N–H and O–H groups in total. The molecule has 0 aliphatic rings. The van der Waals surface area contributed by atoms with Crippen molar-refractivity contribution in [2.45, 2.75) is 39.5 Å². The van der Waals surface area contributed by atoms with Crippen molar-refractivity contribution >= 4 is 54.8 Å². The van der Waals surface area contributed by atoms with Crippen molar-refractivity contribution in [3.05, 3.63) is 127 Å². The van der Waals surface area contributed by atoms with Crippen LogP contribution in [-0.2, 0) is 0 Å². The standard InChI is InChI=1S/C41H33N5O/c1-24(2)29-7-5-8-30(25(3)4)38(29)26-10-13-33-31-14-11-27(22-35(31)40-43-17-19-45(40)37(33)21-26)47-28-12-15-32-34-9-6-16-42-39(34)46-20-18-44-41(46)36(32)23-28/h5-25H,1-4H3. The van der Waals surface area contributed by atoms with Crippen molar-refractivity contribution in [1.29, 1.82) is 0 Å². The number of hydrogen-bond acceptors (Lipinski definition) is 4. The van der Waals surface area contributed by atoms with Crippen molar-refractivity contribution in [2.75, 3.05) is 0 Å². The third kappa shape index (κ3) is 4.21. The first-order valence-corrected chi connectivity index (χ1v) is 16.2. The molecule has 0 bridgehead atoms. The third-order valence-electron chi connectivity index (χ3n) is 9.50. The zero-order valence-corrected chi connectivity index (χ0v) is 26.8. The SMILES string of the molecule is CC(C)c1cccc(C(C)C)c1-c1ccc2c3ccc(Oc4ccc5c6cccnc6n6ccnc6c5c4)cc3c3nccn3c2c1. The van der Waals surface area contributed by atoms with E-state index in [4.69, 9.17) is 9.72 Å². The number of nitrogens with zero attached hydrogens (tertiary/aromatic N) is 5. The maximum Gasteiger partial charge on any atom is 0.146 e. The van der Waals surface area contributed by atoms with Gasteiger partial charge in [-0.25, -0.2) is 15.0 Å². The van der Waals surface area contributed by atoms with E-state index >= 15 is 0 Å². The smallest absolute Gasteiger partial charge is 0.146 e. The second-order valence-electron chi connectivity index (χ2n) is 13.0. The molecule has 0 saturated carbocycles. The van der Waals surface area contributed by atoms with E-state index in [1.165, 1.54) is 27.6 Å². The zero-order valence-electron chi connectivity index (χ0n) is 26.8. The number of aromatic nitrogens is 5. The molecule has 6 nitrogen and oxygen atoms in total. The second-order valence-corrected chi connectivity index (χ2v) is 13.0. The fraction of sp³-hybridized carbons (Fsp3) is 0.146. The van der Waals surface area contributed by atoms with Gasteiger partial charge in [-0.15, -0.1) is 0 Å². The molecule has 228 valence electrons. The number of rotatable bonds is 5. The molecule has 0 unspecified atom stereocenters. The van der Waals surface area contributed by atoms with Gasteiger partial charge in [0, 0.05) is 52.5 Å². The molecule has 47 heavy (non-hydrogen) atoms. The molecular weight excluding hydrogens is 578 g/mol. The van der Waals surface area contributed by atoms with Gasteiger partial charge in [0.1, 0.15) is 28.4 Å². The minimum atomic E-state index is 0.423. The van der Waals surface area contributed by atoms with Gasteiger partial charge in [0.05, 0.1) is 5.52 Å². The van der Waals surface area contributed by atoms with Crippen LogP contribution in [0.2, 0.25) is 0 Å². The Labute approximate surface area is 271 Å². The van der Waals surface area contributed by atoms with Gasteiger partial charge < -0.3 is 4.74 Å². The number of hydrogen-bond donors (Lipinski definition) is 0. The number of ether oxygens (including phenoxy) is 1. The maximum absolute atomic E-state index is 6.53. The van der Waals surface area contributed by atoms with E-state index in [2.05, 4.69) is 121 Å². The van der Waals surface area contributed by atoms with E-state index in [1.54, 1.807) is 0 Å². The lowest BCUT2D eigenvalue weighted by molar-refractivity contribution is 0.484. The van der Waals surface area contributed by atoms with E-state index in [0.29, 0.717) is 11.8 Å². The van der Waals surface area contributed by atoms with Crippen LogP contribution in [0.25, 0.3) is 65.9 Å². The summed E-state index contributed by atoms with van der Waals surface area (Å²) >= 11 is 0. The van der Waals surface area contributed by atoms with Gasteiger partial charge in [-0.1, -0.05) is 58.0 Å². The Morgan fingerprint density at radius 3 is 1.77 bits per heavy atom. The Bertz CT molecular complexity index is 2650. The fourth-order valence-electron chi connectivity index (χ4n) is 7.32. The van der Waals surface area contributed by atoms with Gasteiger partial charge in [0.25, 0.3) is 0 Å². The number of imidazole rings is 2. The van der Waals surface area contributed by atoms with Crippen molar-refractivity contribution in [2.24, 2.45) is 0 Å². The van der Waals surface area contributed by atoms with Crippen molar-refractivity contribution in [3.8, 4) is 22.6 Å². The van der Waals surface area contributed by atoms with E-state index < -0.39 is 0 Å². The van der Waals surface area contributed by atoms with Crippen molar-refractivity contribution in [3.63, 3.8) is 0 Å². The second kappa shape index (κ2) is 10.4. The van der Waals surface area contributed by atoms with Crippen LogP contribution < -0.4 is 4.74 Å². The van der Waals surface area contributed by atoms with Crippen LogP contribution in [0.5, 0.6) is 11.5 Å². The predicted molar refractivity (Wildman–Crippen MR) is 192 cm³/mol. The fourth-order valence-corrected chi connectivity index (χ4v) is 7.32. The molecule has 0 amide bonds. The molecule has 5 aromatic heterocycles. The van der Waals surface area contributed by atoms with Crippen LogP contribution in [0, 0.1) is 0 Å². The minimum Gasteiger partial charge on any atom is -0.457 e. The monoisotopic (exact) mass is 611 g/mol. The Balaban J connectivity index is 1.18. The molecular formula is C41H33N5O. The molecule has 0 saturated heterocycles. The lowest BCUT2D eigenvalue weighted by Crippen LogP contribution is -2.00. The van der Waals surface area contributed by atoms with Gasteiger partial charge in [-0.2, -0.15) is 0 Å². The van der Waals surface area contributed by atoms with Crippen molar-refractivity contribution < 1.29 is 4.74 Å². The summed E-state index contributed by atoms with van der Waals surface area (Å²) in [6.45, 7) is 9.11. The average molecular weight is 612 g/mol. The van der Waals surface area contributed by atoms with Gasteiger partial charge in [-0.05, 0) is 99.5 Å². The van der Waals surface area contributed by atoms with E-state index in [9.17, 15) is 0 Å². The lowest BCUT2D eigenvalue weighted by atomic mass is 9.84. The topological polar surface area (TPSA) is 56.7 Å². The van der Waals surface area contributed by atoms with Crippen LogP contribution in [0.4, 0.5) is 0 Å². The molecule has 0 aliphatic carbocycles. The molecule has 0 aliphatic heterocycles. The first kappa shape index (κ1) is 27.6. The Morgan fingerprint density at radius 2 is 1.09 bits per heavy atom. The molecule has 0 fully saturated rings. The molecule has 0 atom stereocenters. The normalized spacial score (nSPS) is 12.2. The first-order chi connectivity index (χ1) is 23.0. The summed E-state index contributed by atoms with van der Waals surface area (Å²) in [5.74, 6) is 2.35. The Hall–Kier alpha value is -5.75. The average Bonchev–Trinajstić information content (AvgIpc) is 3.79. The number of pyridine rings is 3. The highest BCUT2D eigenvalue weighted by atomic mass is 16.5. The minimum absolute atomic E-state index is 0.423. The van der Waals surface area contributed by atoms with E-state index in [1.807, 2.05) is 41.3 Å². The zero-order chi connectivity index (χ0) is 31.8. The first-order valence-electron chi connectivity index (χ1n) is 16.2. The van der Waals surface area contributed by atoms with Crippen LogP contribution in [-0.4, -0.2) is 23.8 Å². The summed E-state index contributed by atoms with van der Waals surface area (Å²) in [6.07, 6.45) is 9.53. The predicted octanol–water partition coefficient (Wildman–Crippen LogP) is 10.7. The van der Waals surface area contributed by atoms with Crippen LogP contribution in [0.15, 0.2) is 116 Å². The molecule has 9 rings (SSSR count). The summed E-state index contributed by atoms with van der Waals surface area (Å²) in [7, 11) is 0. The Morgan fingerprint density at radius 1 is 0.511 bits per heavy atom. The Kier molecular flexibility index (Phi) is 6.09. The third-order valence-corrected chi connectivity index (χ3v) is 9.50. The van der Waals surface area contributed by atoms with Gasteiger partial charge >= 0.3 is 0 Å². The highest BCUT2D eigenvalue weighted by Gasteiger charge is 2.18. The highest BCUT2D eigenvalue weighted by molar-refractivity contribution is 6.13. The van der Waals surface area contributed by atoms with Crippen molar-refractivity contribution in [1.82, 2.24) is 23.8 Å². The summed E-state index contributed by atoms with van der Waals surface area (Å²) in [6, 6.07) is 30.2. The number of fused-ring (bicyclic) bond motifs is 12. The molecule has 0 radical (unpaired) electrons. The van der Waals surface area contributed by atoms with E-state index in [0.717, 1.165) is 60.9 Å². The highest BCUT2D eigenvalue weighted by Crippen LogP contribution is 2.40. The largest absolute Gasteiger partial charge is 0.457 e. The molecule has 6 heteroatoms. The maximum atomic E-state index is 6.53. The summed E-state index contributed by atoms with van der Waals surface area (Å²) in [5, 5.41) is 6.57. The lowest BCUT2D eigenvalue weighted by Gasteiger charge is -2.20. The van der Waals surface area contributed by atoms with Gasteiger partial charge in [0.2, 0.25) is 0 Å². The molecule has 4 aromatic carbocycles. The summed E-state index contributed by atoms with van der Waals surface area (Å²) in [5.41, 5.74) is 9.16. The molecule has 5 heterocycles. The van der Waals surface area contributed by atoms with Gasteiger partial charge in [-0.3, -0.25) is 8.80 Å².